The van der Waals surface area contributed by atoms with Gasteiger partial charge in [0.1, 0.15) is 0 Å². The van der Waals surface area contributed by atoms with Crippen molar-refractivity contribution in [2.45, 2.75) is 19.8 Å². The van der Waals surface area contributed by atoms with Gasteiger partial charge in [-0.15, -0.1) is 0 Å². The van der Waals surface area contributed by atoms with Gasteiger partial charge in [0.05, 0.1) is 0 Å². The number of allylic oxidation sites excluding steroid dienone is 4. The summed E-state index contributed by atoms with van der Waals surface area (Å²) in [4.78, 5) is 11.0. The highest BCUT2D eigenvalue weighted by molar-refractivity contribution is 5.80. The Bertz CT molecular complexity index is 261. The van der Waals surface area contributed by atoms with E-state index >= 15 is 0 Å². The molecule has 64 valence electrons. The summed E-state index contributed by atoms with van der Waals surface area (Å²) < 4.78 is 0. The highest BCUT2D eigenvalue weighted by atomic mass is 16.1. The van der Waals surface area contributed by atoms with E-state index in [0.29, 0.717) is 6.42 Å². The van der Waals surface area contributed by atoms with Crippen LogP contribution in [-0.4, -0.2) is 5.91 Å². The third-order valence-corrected chi connectivity index (χ3v) is 1.86. The van der Waals surface area contributed by atoms with E-state index in [-0.39, 0.29) is 5.91 Å². The standard InChI is InChI=1S/C10H13NO/c1-3-4-5-9-8(2)6-7-10(12)11-9/h3-5H,1,6-7H2,2H3,(H,11,12)/b5-4-. The smallest absolute Gasteiger partial charge is 0.224 e. The second-order valence-corrected chi connectivity index (χ2v) is 2.84. The molecule has 12 heavy (non-hydrogen) atoms. The van der Waals surface area contributed by atoms with Gasteiger partial charge in [-0.25, -0.2) is 0 Å². The lowest BCUT2D eigenvalue weighted by atomic mass is 10.1. The first-order valence-corrected chi connectivity index (χ1v) is 4.02. The van der Waals surface area contributed by atoms with Gasteiger partial charge in [-0.05, 0) is 25.0 Å². The third-order valence-electron chi connectivity index (χ3n) is 1.86. The fourth-order valence-electron chi connectivity index (χ4n) is 1.10. The van der Waals surface area contributed by atoms with E-state index in [0.717, 1.165) is 12.1 Å². The number of hydrogen-bond acceptors (Lipinski definition) is 1. The normalized spacial score (nSPS) is 18.2. The molecule has 0 saturated heterocycles. The lowest BCUT2D eigenvalue weighted by Crippen LogP contribution is -2.26. The van der Waals surface area contributed by atoms with Crippen molar-refractivity contribution in [3.8, 4) is 0 Å². The Morgan fingerprint density at radius 1 is 1.50 bits per heavy atom. The molecule has 1 amide bonds. The molecule has 0 fully saturated rings. The highest BCUT2D eigenvalue weighted by Crippen LogP contribution is 2.14. The van der Waals surface area contributed by atoms with Crippen LogP contribution in [0.2, 0.25) is 0 Å². The van der Waals surface area contributed by atoms with Gasteiger partial charge >= 0.3 is 0 Å². The molecule has 0 spiro atoms. The van der Waals surface area contributed by atoms with Crippen LogP contribution in [0.15, 0.2) is 36.1 Å². The summed E-state index contributed by atoms with van der Waals surface area (Å²) in [5.41, 5.74) is 2.15. The van der Waals surface area contributed by atoms with E-state index in [1.165, 1.54) is 5.57 Å². The molecule has 1 rings (SSSR count). The number of carbonyl (C=O) groups excluding carboxylic acids is 1. The molecule has 1 aliphatic rings. The van der Waals surface area contributed by atoms with E-state index in [1.807, 2.05) is 19.1 Å². The molecular formula is C10H13NO. The summed E-state index contributed by atoms with van der Waals surface area (Å²) in [6, 6.07) is 0. The Balaban J connectivity index is 2.77. The number of hydrogen-bond donors (Lipinski definition) is 1. The zero-order chi connectivity index (χ0) is 8.97. The van der Waals surface area contributed by atoms with E-state index < -0.39 is 0 Å². The molecular weight excluding hydrogens is 150 g/mol. The lowest BCUT2D eigenvalue weighted by Gasteiger charge is -2.15. The minimum atomic E-state index is 0.101. The summed E-state index contributed by atoms with van der Waals surface area (Å²) in [7, 11) is 0. The Morgan fingerprint density at radius 2 is 2.25 bits per heavy atom. The van der Waals surface area contributed by atoms with Crippen molar-refractivity contribution in [3.63, 3.8) is 0 Å². The van der Waals surface area contributed by atoms with E-state index in [1.54, 1.807) is 6.08 Å². The number of carbonyl (C=O) groups is 1. The SMILES string of the molecule is C=C/C=C\C1=C(C)CCC(=O)N1. The third kappa shape index (κ3) is 2.09. The van der Waals surface area contributed by atoms with Crippen molar-refractivity contribution in [2.75, 3.05) is 0 Å². The lowest BCUT2D eigenvalue weighted by molar-refractivity contribution is -0.120. The number of rotatable bonds is 2. The first kappa shape index (κ1) is 8.78. The molecule has 0 aliphatic carbocycles. The van der Waals surface area contributed by atoms with Crippen LogP contribution in [0.3, 0.4) is 0 Å². The van der Waals surface area contributed by atoms with Crippen LogP contribution in [0.25, 0.3) is 0 Å². The van der Waals surface area contributed by atoms with Crippen molar-refractivity contribution >= 4 is 5.91 Å². The molecule has 0 aromatic rings. The Hall–Kier alpha value is -1.31. The van der Waals surface area contributed by atoms with Gasteiger partial charge in [-0.3, -0.25) is 4.79 Å². The molecule has 0 bridgehead atoms. The van der Waals surface area contributed by atoms with Crippen LogP contribution in [0.1, 0.15) is 19.8 Å². The minimum Gasteiger partial charge on any atom is -0.326 e. The second-order valence-electron chi connectivity index (χ2n) is 2.84. The molecule has 0 radical (unpaired) electrons. The molecule has 1 N–H and O–H groups in total. The second kappa shape index (κ2) is 3.90. The van der Waals surface area contributed by atoms with Gasteiger partial charge < -0.3 is 5.32 Å². The summed E-state index contributed by atoms with van der Waals surface area (Å²) in [5.74, 6) is 0.101. The van der Waals surface area contributed by atoms with Crippen LogP contribution in [0, 0.1) is 0 Å². The molecule has 0 aromatic heterocycles. The minimum absolute atomic E-state index is 0.101. The Kier molecular flexibility index (Phi) is 2.86. The van der Waals surface area contributed by atoms with Gasteiger partial charge in [0.2, 0.25) is 5.91 Å². The number of nitrogens with one attached hydrogen (secondary N) is 1. The summed E-state index contributed by atoms with van der Waals surface area (Å²) in [6.45, 7) is 5.60. The average Bonchev–Trinajstić information content (AvgIpc) is 2.07. The van der Waals surface area contributed by atoms with Crippen molar-refractivity contribution in [1.29, 1.82) is 0 Å². The molecule has 0 aromatic carbocycles. The van der Waals surface area contributed by atoms with Gasteiger partial charge in [-0.2, -0.15) is 0 Å². The maximum absolute atomic E-state index is 11.0. The predicted molar refractivity (Wildman–Crippen MR) is 49.4 cm³/mol. The maximum Gasteiger partial charge on any atom is 0.224 e. The van der Waals surface area contributed by atoms with Crippen LogP contribution in [0.5, 0.6) is 0 Å². The molecule has 0 atom stereocenters. The van der Waals surface area contributed by atoms with Gasteiger partial charge in [-0.1, -0.05) is 18.7 Å². The maximum atomic E-state index is 11.0. The first-order valence-electron chi connectivity index (χ1n) is 4.02. The molecule has 0 saturated carbocycles. The molecule has 1 aliphatic heterocycles. The topological polar surface area (TPSA) is 29.1 Å². The summed E-state index contributed by atoms with van der Waals surface area (Å²) in [5, 5.41) is 2.81. The Morgan fingerprint density at radius 3 is 2.92 bits per heavy atom. The van der Waals surface area contributed by atoms with E-state index in [4.69, 9.17) is 0 Å². The molecule has 1 heterocycles. The monoisotopic (exact) mass is 163 g/mol. The molecule has 2 heteroatoms. The van der Waals surface area contributed by atoms with Crippen LogP contribution >= 0.6 is 0 Å². The fourth-order valence-corrected chi connectivity index (χ4v) is 1.10. The fraction of sp³-hybridized carbons (Fsp3) is 0.300. The number of amides is 1. The predicted octanol–water partition coefficient (Wildman–Crippen LogP) is 1.91. The first-order chi connectivity index (χ1) is 5.74. The van der Waals surface area contributed by atoms with E-state index in [2.05, 4.69) is 11.9 Å². The van der Waals surface area contributed by atoms with Gasteiger partial charge in [0, 0.05) is 12.1 Å². The van der Waals surface area contributed by atoms with Crippen molar-refractivity contribution in [1.82, 2.24) is 5.32 Å². The zero-order valence-electron chi connectivity index (χ0n) is 7.26. The summed E-state index contributed by atoms with van der Waals surface area (Å²) >= 11 is 0. The van der Waals surface area contributed by atoms with Crippen molar-refractivity contribution < 1.29 is 4.79 Å². The van der Waals surface area contributed by atoms with Gasteiger partial charge in [0.15, 0.2) is 0 Å². The molecule has 0 unspecified atom stereocenters. The molecule has 2 nitrogen and oxygen atoms in total. The van der Waals surface area contributed by atoms with Crippen LogP contribution in [0.4, 0.5) is 0 Å². The Labute approximate surface area is 72.7 Å². The van der Waals surface area contributed by atoms with E-state index in [9.17, 15) is 4.79 Å². The van der Waals surface area contributed by atoms with Gasteiger partial charge in [0.25, 0.3) is 0 Å². The van der Waals surface area contributed by atoms with Crippen LogP contribution < -0.4 is 5.32 Å². The summed E-state index contributed by atoms with van der Waals surface area (Å²) in [6.07, 6.45) is 6.87. The van der Waals surface area contributed by atoms with Crippen molar-refractivity contribution in [3.05, 3.63) is 36.1 Å². The average molecular weight is 163 g/mol. The van der Waals surface area contributed by atoms with Crippen molar-refractivity contribution in [2.24, 2.45) is 0 Å². The largest absolute Gasteiger partial charge is 0.326 e. The highest BCUT2D eigenvalue weighted by Gasteiger charge is 2.11. The quantitative estimate of drug-likeness (QED) is 0.619. The zero-order valence-corrected chi connectivity index (χ0v) is 7.26. The van der Waals surface area contributed by atoms with Crippen LogP contribution in [-0.2, 0) is 4.79 Å².